The van der Waals surface area contributed by atoms with Gasteiger partial charge in [-0.2, -0.15) is 0 Å². The molecular formula is C17H22. The van der Waals surface area contributed by atoms with Crippen molar-refractivity contribution in [3.63, 3.8) is 0 Å². The zero-order valence-corrected chi connectivity index (χ0v) is 11.6. The predicted octanol–water partition coefficient (Wildman–Crippen LogP) is 5.11. The standard InChI is InChI=1S/C17H22/c1-12-6-11-16(13(12)2)14-7-9-15(10-8-14)17(3,4)5/h6-10H,11H2,1-5H3. The summed E-state index contributed by atoms with van der Waals surface area (Å²) in [4.78, 5) is 0. The molecule has 90 valence electrons. The van der Waals surface area contributed by atoms with E-state index < -0.39 is 0 Å². The average Bonchev–Trinajstić information content (AvgIpc) is 2.59. The molecular weight excluding hydrogens is 204 g/mol. The molecule has 0 aromatic heterocycles. The van der Waals surface area contributed by atoms with Gasteiger partial charge in [0.2, 0.25) is 0 Å². The second-order valence-electron chi connectivity index (χ2n) is 6.02. The minimum atomic E-state index is 0.242. The average molecular weight is 226 g/mol. The first kappa shape index (κ1) is 12.2. The summed E-state index contributed by atoms with van der Waals surface area (Å²) in [5, 5.41) is 0. The van der Waals surface area contributed by atoms with Crippen LogP contribution in [0.2, 0.25) is 0 Å². The molecule has 0 aliphatic heterocycles. The second kappa shape index (κ2) is 4.18. The Morgan fingerprint density at radius 2 is 1.53 bits per heavy atom. The summed E-state index contributed by atoms with van der Waals surface area (Å²) in [6, 6.07) is 9.07. The van der Waals surface area contributed by atoms with Crippen LogP contribution in [0.15, 0.2) is 41.5 Å². The Morgan fingerprint density at radius 1 is 0.941 bits per heavy atom. The fourth-order valence-electron chi connectivity index (χ4n) is 2.31. The van der Waals surface area contributed by atoms with Crippen LogP contribution in [0.3, 0.4) is 0 Å². The molecule has 1 aromatic carbocycles. The third kappa shape index (κ3) is 2.36. The lowest BCUT2D eigenvalue weighted by atomic mass is 9.86. The van der Waals surface area contributed by atoms with Crippen LogP contribution in [-0.4, -0.2) is 0 Å². The van der Waals surface area contributed by atoms with E-state index in [2.05, 4.69) is 65.0 Å². The second-order valence-corrected chi connectivity index (χ2v) is 6.02. The number of rotatable bonds is 1. The van der Waals surface area contributed by atoms with E-state index in [4.69, 9.17) is 0 Å². The van der Waals surface area contributed by atoms with Gasteiger partial charge in [0.1, 0.15) is 0 Å². The first-order valence-electron chi connectivity index (χ1n) is 6.37. The van der Waals surface area contributed by atoms with Crippen molar-refractivity contribution < 1.29 is 0 Å². The highest BCUT2D eigenvalue weighted by atomic mass is 14.2. The molecule has 17 heavy (non-hydrogen) atoms. The number of benzene rings is 1. The van der Waals surface area contributed by atoms with Gasteiger partial charge >= 0.3 is 0 Å². The lowest BCUT2D eigenvalue weighted by Gasteiger charge is -2.19. The maximum Gasteiger partial charge on any atom is -0.00830 e. The van der Waals surface area contributed by atoms with Gasteiger partial charge in [0.25, 0.3) is 0 Å². The van der Waals surface area contributed by atoms with Gasteiger partial charge in [0.15, 0.2) is 0 Å². The summed E-state index contributed by atoms with van der Waals surface area (Å²) in [5.74, 6) is 0. The van der Waals surface area contributed by atoms with E-state index in [1.807, 2.05) is 0 Å². The molecule has 0 atom stereocenters. The summed E-state index contributed by atoms with van der Waals surface area (Å²) in [5.41, 5.74) is 7.40. The number of allylic oxidation sites excluding steroid dienone is 4. The third-order valence-electron chi connectivity index (χ3n) is 3.76. The van der Waals surface area contributed by atoms with Crippen molar-refractivity contribution in [2.45, 2.75) is 46.5 Å². The molecule has 0 bridgehead atoms. The Labute approximate surface area is 105 Å². The molecule has 0 radical (unpaired) electrons. The van der Waals surface area contributed by atoms with Gasteiger partial charge < -0.3 is 0 Å². The van der Waals surface area contributed by atoms with Crippen LogP contribution in [0, 0.1) is 0 Å². The van der Waals surface area contributed by atoms with Crippen molar-refractivity contribution in [1.29, 1.82) is 0 Å². The molecule has 1 aromatic rings. The summed E-state index contributed by atoms with van der Waals surface area (Å²) in [6.45, 7) is 11.2. The van der Waals surface area contributed by atoms with E-state index in [1.54, 1.807) is 0 Å². The summed E-state index contributed by atoms with van der Waals surface area (Å²) in [6.07, 6.45) is 3.41. The SMILES string of the molecule is CC1=CCC(c2ccc(C(C)(C)C)cc2)=C1C. The molecule has 0 nitrogen and oxygen atoms in total. The quantitative estimate of drug-likeness (QED) is 0.624. The molecule has 2 rings (SSSR count). The van der Waals surface area contributed by atoms with Crippen LogP contribution in [0.4, 0.5) is 0 Å². The molecule has 0 N–H and O–H groups in total. The van der Waals surface area contributed by atoms with Crippen LogP contribution in [0.1, 0.15) is 52.2 Å². The Morgan fingerprint density at radius 3 is 1.94 bits per heavy atom. The molecule has 0 unspecified atom stereocenters. The van der Waals surface area contributed by atoms with Crippen molar-refractivity contribution in [3.05, 3.63) is 52.6 Å². The van der Waals surface area contributed by atoms with Gasteiger partial charge in [-0.3, -0.25) is 0 Å². The van der Waals surface area contributed by atoms with Gasteiger partial charge in [-0.15, -0.1) is 0 Å². The first-order valence-corrected chi connectivity index (χ1v) is 6.37. The van der Waals surface area contributed by atoms with E-state index >= 15 is 0 Å². The summed E-state index contributed by atoms with van der Waals surface area (Å²) < 4.78 is 0. The zero-order chi connectivity index (χ0) is 12.6. The predicted molar refractivity (Wildman–Crippen MR) is 76.1 cm³/mol. The molecule has 0 saturated carbocycles. The van der Waals surface area contributed by atoms with Crippen molar-refractivity contribution in [3.8, 4) is 0 Å². The van der Waals surface area contributed by atoms with Crippen LogP contribution in [0.5, 0.6) is 0 Å². The van der Waals surface area contributed by atoms with E-state index in [-0.39, 0.29) is 5.41 Å². The molecule has 0 saturated heterocycles. The van der Waals surface area contributed by atoms with Crippen LogP contribution >= 0.6 is 0 Å². The van der Waals surface area contributed by atoms with Crippen molar-refractivity contribution in [1.82, 2.24) is 0 Å². The zero-order valence-electron chi connectivity index (χ0n) is 11.6. The van der Waals surface area contributed by atoms with Crippen molar-refractivity contribution >= 4 is 5.57 Å². The highest BCUT2D eigenvalue weighted by molar-refractivity contribution is 5.76. The lowest BCUT2D eigenvalue weighted by Crippen LogP contribution is -2.10. The Hall–Kier alpha value is -1.30. The number of hydrogen-bond donors (Lipinski definition) is 0. The minimum absolute atomic E-state index is 0.242. The molecule has 1 aliphatic carbocycles. The van der Waals surface area contributed by atoms with Gasteiger partial charge in [-0.05, 0) is 48.0 Å². The Kier molecular flexibility index (Phi) is 2.99. The van der Waals surface area contributed by atoms with E-state index in [1.165, 1.54) is 27.8 Å². The van der Waals surface area contributed by atoms with E-state index in [9.17, 15) is 0 Å². The van der Waals surface area contributed by atoms with Gasteiger partial charge in [-0.1, -0.05) is 56.7 Å². The van der Waals surface area contributed by atoms with Crippen molar-refractivity contribution in [2.24, 2.45) is 0 Å². The minimum Gasteiger partial charge on any atom is -0.0769 e. The molecule has 0 amide bonds. The third-order valence-corrected chi connectivity index (χ3v) is 3.76. The van der Waals surface area contributed by atoms with E-state index in [0.29, 0.717) is 0 Å². The topological polar surface area (TPSA) is 0 Å². The van der Waals surface area contributed by atoms with Crippen LogP contribution < -0.4 is 0 Å². The maximum atomic E-state index is 2.32. The monoisotopic (exact) mass is 226 g/mol. The molecule has 0 heteroatoms. The van der Waals surface area contributed by atoms with Crippen LogP contribution in [0.25, 0.3) is 5.57 Å². The van der Waals surface area contributed by atoms with Gasteiger partial charge in [0, 0.05) is 0 Å². The summed E-state index contributed by atoms with van der Waals surface area (Å²) in [7, 11) is 0. The highest BCUT2D eigenvalue weighted by Gasteiger charge is 2.15. The fourth-order valence-corrected chi connectivity index (χ4v) is 2.31. The molecule has 0 fully saturated rings. The largest absolute Gasteiger partial charge is 0.0769 e. The lowest BCUT2D eigenvalue weighted by molar-refractivity contribution is 0.590. The smallest absolute Gasteiger partial charge is 0.00830 e. The summed E-state index contributed by atoms with van der Waals surface area (Å²) >= 11 is 0. The molecule has 1 aliphatic rings. The van der Waals surface area contributed by atoms with Gasteiger partial charge in [-0.25, -0.2) is 0 Å². The first-order chi connectivity index (χ1) is 7.89. The van der Waals surface area contributed by atoms with E-state index in [0.717, 1.165) is 6.42 Å². The maximum absolute atomic E-state index is 2.32. The Balaban J connectivity index is 2.32. The molecule has 0 heterocycles. The highest BCUT2D eigenvalue weighted by Crippen LogP contribution is 2.34. The molecule has 0 spiro atoms. The van der Waals surface area contributed by atoms with Gasteiger partial charge in [0.05, 0.1) is 0 Å². The van der Waals surface area contributed by atoms with Crippen molar-refractivity contribution in [2.75, 3.05) is 0 Å². The number of hydrogen-bond acceptors (Lipinski definition) is 0. The Bertz CT molecular complexity index is 476. The van der Waals surface area contributed by atoms with Crippen LogP contribution in [-0.2, 0) is 5.41 Å². The fraction of sp³-hybridized carbons (Fsp3) is 0.412. The normalized spacial score (nSPS) is 16.4.